The minimum absolute atomic E-state index is 0.000639. The molecule has 0 aliphatic heterocycles. The lowest BCUT2D eigenvalue weighted by Crippen LogP contribution is -2.53. The standard InChI is InChI=1S/C32H54N4O5/c1-7-10-12-13-15-23-36(30(39)26(20-21-27(33)37)35-31(40)41-32(4,5)6)28(29(38)34-22-14-11-8-2)25-18-16-24(9-3)17-19-25/h16-19,26,28H,7-15,20-23H2,1-6H3,(H2,33,37)(H,34,38)(H,35,40). The van der Waals surface area contributed by atoms with Crippen molar-refractivity contribution in [3.05, 3.63) is 35.4 Å². The Hall–Kier alpha value is -3.10. The quantitative estimate of drug-likeness (QED) is 0.186. The Bertz CT molecular complexity index is 942. The summed E-state index contributed by atoms with van der Waals surface area (Å²) in [4.78, 5) is 53.9. The number of nitrogens with two attached hydrogens (primary N) is 1. The number of carbonyl (C=O) groups excluding carboxylic acids is 4. The molecule has 0 radical (unpaired) electrons. The molecular weight excluding hydrogens is 520 g/mol. The molecule has 0 fully saturated rings. The van der Waals surface area contributed by atoms with Crippen LogP contribution in [0.25, 0.3) is 0 Å². The lowest BCUT2D eigenvalue weighted by Gasteiger charge is -2.34. The van der Waals surface area contributed by atoms with Gasteiger partial charge in [0.15, 0.2) is 0 Å². The van der Waals surface area contributed by atoms with E-state index < -0.39 is 35.6 Å². The van der Waals surface area contributed by atoms with E-state index in [1.807, 2.05) is 24.3 Å². The highest BCUT2D eigenvalue weighted by Crippen LogP contribution is 2.25. The van der Waals surface area contributed by atoms with Crippen molar-refractivity contribution in [2.75, 3.05) is 13.1 Å². The van der Waals surface area contributed by atoms with Crippen LogP contribution >= 0.6 is 0 Å². The largest absolute Gasteiger partial charge is 0.444 e. The summed E-state index contributed by atoms with van der Waals surface area (Å²) in [6.45, 7) is 12.3. The van der Waals surface area contributed by atoms with Gasteiger partial charge in [-0.1, -0.05) is 83.6 Å². The first kappa shape index (κ1) is 35.9. The molecule has 9 nitrogen and oxygen atoms in total. The SMILES string of the molecule is CCCCCCCN(C(=O)C(CCC(N)=O)NC(=O)OC(C)(C)C)C(C(=O)NCCCCC)c1ccc(CC)cc1. The zero-order valence-electron chi connectivity index (χ0n) is 26.2. The van der Waals surface area contributed by atoms with Crippen molar-refractivity contribution >= 4 is 23.8 Å². The minimum atomic E-state index is -1.08. The van der Waals surface area contributed by atoms with Gasteiger partial charge >= 0.3 is 6.09 Å². The maximum absolute atomic E-state index is 14.2. The normalized spacial score (nSPS) is 12.7. The molecule has 1 aromatic rings. The third kappa shape index (κ3) is 14.4. The number of carbonyl (C=O) groups is 4. The van der Waals surface area contributed by atoms with E-state index in [-0.39, 0.29) is 18.7 Å². The Kier molecular flexibility index (Phi) is 16.7. The van der Waals surface area contributed by atoms with Crippen LogP contribution in [0.15, 0.2) is 24.3 Å². The molecule has 232 valence electrons. The average Bonchev–Trinajstić information content (AvgIpc) is 2.91. The summed E-state index contributed by atoms with van der Waals surface area (Å²) in [5.74, 6) is -1.29. The van der Waals surface area contributed by atoms with E-state index >= 15 is 0 Å². The van der Waals surface area contributed by atoms with Crippen LogP contribution in [-0.4, -0.2) is 53.4 Å². The van der Waals surface area contributed by atoms with Gasteiger partial charge in [0, 0.05) is 19.5 Å². The summed E-state index contributed by atoms with van der Waals surface area (Å²) < 4.78 is 5.41. The lowest BCUT2D eigenvalue weighted by atomic mass is 9.99. The van der Waals surface area contributed by atoms with Crippen LogP contribution in [0.1, 0.15) is 123 Å². The lowest BCUT2D eigenvalue weighted by molar-refractivity contribution is -0.142. The van der Waals surface area contributed by atoms with E-state index in [4.69, 9.17) is 10.5 Å². The fourth-order valence-electron chi connectivity index (χ4n) is 4.54. The van der Waals surface area contributed by atoms with Crippen molar-refractivity contribution in [3.8, 4) is 0 Å². The van der Waals surface area contributed by atoms with Crippen molar-refractivity contribution < 1.29 is 23.9 Å². The van der Waals surface area contributed by atoms with Crippen molar-refractivity contribution in [2.24, 2.45) is 5.73 Å². The molecule has 0 saturated carbocycles. The molecule has 1 aromatic carbocycles. The van der Waals surface area contributed by atoms with Gasteiger partial charge in [0.2, 0.25) is 17.7 Å². The van der Waals surface area contributed by atoms with Gasteiger partial charge in [-0.25, -0.2) is 4.79 Å². The Morgan fingerprint density at radius 3 is 2.07 bits per heavy atom. The van der Waals surface area contributed by atoms with Crippen molar-refractivity contribution in [1.29, 1.82) is 0 Å². The van der Waals surface area contributed by atoms with E-state index in [1.165, 1.54) is 0 Å². The van der Waals surface area contributed by atoms with E-state index in [1.54, 1.807) is 25.7 Å². The van der Waals surface area contributed by atoms with E-state index in [0.717, 1.165) is 56.9 Å². The zero-order valence-corrected chi connectivity index (χ0v) is 26.2. The number of hydrogen-bond acceptors (Lipinski definition) is 5. The van der Waals surface area contributed by atoms with E-state index in [2.05, 4.69) is 31.4 Å². The van der Waals surface area contributed by atoms with Gasteiger partial charge in [-0.3, -0.25) is 14.4 Å². The van der Waals surface area contributed by atoms with Crippen LogP contribution in [0.3, 0.4) is 0 Å². The smallest absolute Gasteiger partial charge is 0.408 e. The van der Waals surface area contributed by atoms with Crippen LogP contribution in [0.5, 0.6) is 0 Å². The first-order valence-electron chi connectivity index (χ1n) is 15.4. The average molecular weight is 575 g/mol. The van der Waals surface area contributed by atoms with Gasteiger partial charge in [-0.05, 0) is 57.6 Å². The van der Waals surface area contributed by atoms with Crippen molar-refractivity contribution in [1.82, 2.24) is 15.5 Å². The molecule has 0 saturated heterocycles. The van der Waals surface area contributed by atoms with Crippen LogP contribution in [0, 0.1) is 0 Å². The maximum atomic E-state index is 14.2. The first-order valence-corrected chi connectivity index (χ1v) is 15.4. The van der Waals surface area contributed by atoms with Gasteiger partial charge in [0.25, 0.3) is 0 Å². The molecule has 2 unspecified atom stereocenters. The van der Waals surface area contributed by atoms with Crippen molar-refractivity contribution in [2.45, 2.75) is 130 Å². The molecule has 0 bridgehead atoms. The molecule has 2 atom stereocenters. The molecule has 1 rings (SSSR count). The van der Waals surface area contributed by atoms with Gasteiger partial charge in [-0.15, -0.1) is 0 Å². The number of rotatable bonds is 19. The number of nitrogens with zero attached hydrogens (tertiary/aromatic N) is 1. The molecule has 0 aromatic heterocycles. The van der Waals surface area contributed by atoms with E-state index in [9.17, 15) is 19.2 Å². The molecule has 0 aliphatic rings. The molecular formula is C32H54N4O5. The molecule has 41 heavy (non-hydrogen) atoms. The highest BCUT2D eigenvalue weighted by molar-refractivity contribution is 5.92. The second kappa shape index (κ2) is 19.1. The molecule has 4 amide bonds. The number of ether oxygens (including phenoxy) is 1. The minimum Gasteiger partial charge on any atom is -0.444 e. The molecule has 4 N–H and O–H groups in total. The number of alkyl carbamates (subject to hydrolysis) is 1. The predicted molar refractivity (Wildman–Crippen MR) is 163 cm³/mol. The zero-order chi connectivity index (χ0) is 30.8. The van der Waals surface area contributed by atoms with Gasteiger partial charge in [0.05, 0.1) is 0 Å². The van der Waals surface area contributed by atoms with Gasteiger partial charge in [0.1, 0.15) is 17.7 Å². The van der Waals surface area contributed by atoms with Gasteiger partial charge < -0.3 is 26.0 Å². The third-order valence-electron chi connectivity index (χ3n) is 6.80. The second-order valence-electron chi connectivity index (χ2n) is 11.6. The summed E-state index contributed by atoms with van der Waals surface area (Å²) >= 11 is 0. The Balaban J connectivity index is 3.46. The summed E-state index contributed by atoms with van der Waals surface area (Å²) in [7, 11) is 0. The Morgan fingerprint density at radius 1 is 0.902 bits per heavy atom. The number of unbranched alkanes of at least 4 members (excludes halogenated alkanes) is 6. The molecule has 9 heteroatoms. The van der Waals surface area contributed by atoms with Crippen LogP contribution in [0.4, 0.5) is 4.79 Å². The number of amides is 4. The van der Waals surface area contributed by atoms with Crippen LogP contribution in [-0.2, 0) is 25.5 Å². The third-order valence-corrected chi connectivity index (χ3v) is 6.80. The topological polar surface area (TPSA) is 131 Å². The predicted octanol–water partition coefficient (Wildman–Crippen LogP) is 5.55. The number of benzene rings is 1. The van der Waals surface area contributed by atoms with Crippen LogP contribution in [0.2, 0.25) is 0 Å². The summed E-state index contributed by atoms with van der Waals surface area (Å²) in [5.41, 5.74) is 6.46. The van der Waals surface area contributed by atoms with Crippen molar-refractivity contribution in [3.63, 3.8) is 0 Å². The number of nitrogens with one attached hydrogen (secondary N) is 2. The molecule has 0 spiro atoms. The molecule has 0 aliphatic carbocycles. The Labute approximate surface area is 247 Å². The maximum Gasteiger partial charge on any atom is 0.408 e. The summed E-state index contributed by atoms with van der Waals surface area (Å²) in [6.07, 6.45) is 7.66. The molecule has 0 heterocycles. The first-order chi connectivity index (χ1) is 19.4. The fourth-order valence-corrected chi connectivity index (χ4v) is 4.54. The number of hydrogen-bond donors (Lipinski definition) is 3. The highest BCUT2D eigenvalue weighted by Gasteiger charge is 2.36. The summed E-state index contributed by atoms with van der Waals surface area (Å²) in [5, 5.41) is 5.68. The van der Waals surface area contributed by atoms with E-state index in [0.29, 0.717) is 25.1 Å². The summed E-state index contributed by atoms with van der Waals surface area (Å²) in [6, 6.07) is 5.76. The number of aryl methyl sites for hydroxylation is 1. The monoisotopic (exact) mass is 574 g/mol. The second-order valence-corrected chi connectivity index (χ2v) is 11.6. The van der Waals surface area contributed by atoms with Crippen LogP contribution < -0.4 is 16.4 Å². The Morgan fingerprint density at radius 2 is 1.51 bits per heavy atom. The van der Waals surface area contributed by atoms with Gasteiger partial charge in [-0.2, -0.15) is 0 Å². The number of primary amides is 1. The highest BCUT2D eigenvalue weighted by atomic mass is 16.6. The fraction of sp³-hybridized carbons (Fsp3) is 0.688.